The number of halogens is 1. The van der Waals surface area contributed by atoms with Gasteiger partial charge in [0.25, 0.3) is 5.91 Å². The molecule has 0 bridgehead atoms. The highest BCUT2D eigenvalue weighted by Crippen LogP contribution is 2.34. The lowest BCUT2D eigenvalue weighted by molar-refractivity contribution is -0.123. The smallest absolute Gasteiger partial charge is 0.269 e. The van der Waals surface area contributed by atoms with Gasteiger partial charge in [0.1, 0.15) is 16.6 Å². The molecule has 0 fully saturated rings. The number of carbonyl (C=O) groups excluding carboxylic acids is 2. The molecule has 3 N–H and O–H groups in total. The van der Waals surface area contributed by atoms with E-state index in [2.05, 4.69) is 20.6 Å². The molecule has 0 aliphatic rings. The molecule has 192 valence electrons. The van der Waals surface area contributed by atoms with Gasteiger partial charge in [-0.2, -0.15) is 0 Å². The topological polar surface area (TPSA) is 121 Å². The van der Waals surface area contributed by atoms with E-state index in [1.807, 2.05) is 13.0 Å². The number of rotatable bonds is 7. The van der Waals surface area contributed by atoms with E-state index >= 15 is 0 Å². The molecule has 0 aliphatic carbocycles. The van der Waals surface area contributed by atoms with Crippen LogP contribution in [0.25, 0.3) is 10.9 Å². The van der Waals surface area contributed by atoms with Crippen molar-refractivity contribution in [1.29, 1.82) is 0 Å². The number of aromatic nitrogens is 2. The Labute approximate surface area is 220 Å². The molecule has 2 amide bonds. The number of hydrogen-bond acceptors (Lipinski definition) is 5. The molecule has 2 atom stereocenters. The first kappa shape index (κ1) is 26.4. The van der Waals surface area contributed by atoms with Crippen LogP contribution in [0.3, 0.4) is 0 Å². The van der Waals surface area contributed by atoms with Crippen molar-refractivity contribution >= 4 is 44.2 Å². The summed E-state index contributed by atoms with van der Waals surface area (Å²) in [7, 11) is -4.13. The van der Waals surface area contributed by atoms with Crippen molar-refractivity contribution in [2.75, 3.05) is 0 Å². The number of nitrogens with one attached hydrogen (secondary N) is 3. The minimum Gasteiger partial charge on any atom is -0.349 e. The molecular weight excluding hydrogens is 512 g/mol. The summed E-state index contributed by atoms with van der Waals surface area (Å²) >= 11 is 6.18. The van der Waals surface area contributed by atoms with Gasteiger partial charge in [-0.15, -0.1) is 0 Å². The van der Waals surface area contributed by atoms with E-state index in [1.165, 1.54) is 13.0 Å². The van der Waals surface area contributed by atoms with Crippen molar-refractivity contribution in [2.24, 2.45) is 0 Å². The third-order valence-corrected chi connectivity index (χ3v) is 8.07. The summed E-state index contributed by atoms with van der Waals surface area (Å²) in [5, 5.41) is 6.08. The van der Waals surface area contributed by atoms with E-state index in [1.54, 1.807) is 62.6 Å². The van der Waals surface area contributed by atoms with E-state index in [0.29, 0.717) is 15.9 Å². The van der Waals surface area contributed by atoms with Gasteiger partial charge in [0.2, 0.25) is 15.7 Å². The zero-order valence-electron chi connectivity index (χ0n) is 20.8. The summed E-state index contributed by atoms with van der Waals surface area (Å²) in [6.07, 6.45) is 3.26. The summed E-state index contributed by atoms with van der Waals surface area (Å²) in [6, 6.07) is 12.0. The minimum atomic E-state index is -4.13. The number of amides is 2. The lowest BCUT2D eigenvalue weighted by Gasteiger charge is -2.19. The molecule has 10 heteroatoms. The number of carbonyl (C=O) groups is 2. The van der Waals surface area contributed by atoms with Crippen molar-refractivity contribution in [3.05, 3.63) is 88.3 Å². The molecule has 0 saturated carbocycles. The highest BCUT2D eigenvalue weighted by Gasteiger charge is 2.31. The van der Waals surface area contributed by atoms with Gasteiger partial charge < -0.3 is 15.6 Å². The molecule has 0 unspecified atom stereocenters. The van der Waals surface area contributed by atoms with E-state index in [0.717, 1.165) is 16.7 Å². The largest absolute Gasteiger partial charge is 0.349 e. The molecule has 37 heavy (non-hydrogen) atoms. The van der Waals surface area contributed by atoms with Crippen LogP contribution in [0.1, 0.15) is 47.1 Å². The molecule has 0 radical (unpaired) electrons. The van der Waals surface area contributed by atoms with Crippen molar-refractivity contribution in [1.82, 2.24) is 20.6 Å². The molecule has 0 aliphatic heterocycles. The number of benzene rings is 2. The standard InChI is InChI=1S/C27H27ClN4O4S/c1-15-11-16(2)13-21(12-15)37(35,36)25-22-14-20(28)5-6-23(22)32-24(25)27(34)31-18(4)26(33)30-17(3)19-7-9-29-10-8-19/h5-14,17-18,32H,1-4H3,(H,30,33)(H,31,34)/t17-,18+/m1/s1. The fourth-order valence-corrected chi connectivity index (χ4v) is 6.15. The fraction of sp³-hybridized carbons (Fsp3) is 0.222. The third kappa shape index (κ3) is 5.52. The van der Waals surface area contributed by atoms with Gasteiger partial charge in [-0.3, -0.25) is 14.6 Å². The molecular formula is C27H27ClN4O4S. The van der Waals surface area contributed by atoms with Gasteiger partial charge in [0.15, 0.2) is 0 Å². The lowest BCUT2D eigenvalue weighted by atomic mass is 10.1. The van der Waals surface area contributed by atoms with Crippen LogP contribution in [-0.4, -0.2) is 36.2 Å². The summed E-state index contributed by atoms with van der Waals surface area (Å²) in [5.74, 6) is -1.15. The predicted molar refractivity (Wildman–Crippen MR) is 142 cm³/mol. The maximum absolute atomic E-state index is 13.8. The van der Waals surface area contributed by atoms with Crippen LogP contribution in [0.2, 0.25) is 5.02 Å². The number of fused-ring (bicyclic) bond motifs is 1. The second-order valence-electron chi connectivity index (χ2n) is 9.05. The van der Waals surface area contributed by atoms with E-state index in [4.69, 9.17) is 11.6 Å². The number of hydrogen-bond donors (Lipinski definition) is 3. The second kappa shape index (κ2) is 10.4. The first-order valence-corrected chi connectivity index (χ1v) is 13.5. The van der Waals surface area contributed by atoms with Crippen LogP contribution in [0.15, 0.2) is 70.7 Å². The van der Waals surface area contributed by atoms with Gasteiger partial charge in [-0.25, -0.2) is 8.42 Å². The van der Waals surface area contributed by atoms with Crippen molar-refractivity contribution < 1.29 is 18.0 Å². The van der Waals surface area contributed by atoms with Gasteiger partial charge >= 0.3 is 0 Å². The Morgan fingerprint density at radius 1 is 0.946 bits per heavy atom. The van der Waals surface area contributed by atoms with Crippen LogP contribution in [0.5, 0.6) is 0 Å². The Morgan fingerprint density at radius 2 is 1.59 bits per heavy atom. The third-order valence-electron chi connectivity index (χ3n) is 6.02. The SMILES string of the molecule is Cc1cc(C)cc(S(=O)(=O)c2c(C(=O)N[C@@H](C)C(=O)N[C@H](C)c3ccncc3)[nH]c3ccc(Cl)cc23)c1. The lowest BCUT2D eigenvalue weighted by Crippen LogP contribution is -2.45. The Hall–Kier alpha value is -3.69. The molecule has 4 aromatic rings. The molecule has 2 aromatic carbocycles. The van der Waals surface area contributed by atoms with Crippen LogP contribution in [-0.2, 0) is 14.6 Å². The number of sulfone groups is 1. The number of pyridine rings is 1. The quantitative estimate of drug-likeness (QED) is 0.316. The Kier molecular flexibility index (Phi) is 7.38. The molecule has 2 aromatic heterocycles. The molecule has 4 rings (SSSR count). The molecule has 2 heterocycles. The normalized spacial score (nSPS) is 13.2. The average molecular weight is 539 g/mol. The van der Waals surface area contributed by atoms with Crippen LogP contribution < -0.4 is 10.6 Å². The number of nitrogens with zero attached hydrogens (tertiary/aromatic N) is 1. The Balaban J connectivity index is 1.68. The van der Waals surface area contributed by atoms with Gasteiger partial charge in [0, 0.05) is 28.3 Å². The van der Waals surface area contributed by atoms with Crippen molar-refractivity contribution in [3.8, 4) is 0 Å². The first-order valence-electron chi connectivity index (χ1n) is 11.6. The zero-order valence-corrected chi connectivity index (χ0v) is 22.4. The molecule has 0 spiro atoms. The monoisotopic (exact) mass is 538 g/mol. The average Bonchev–Trinajstić information content (AvgIpc) is 3.23. The highest BCUT2D eigenvalue weighted by atomic mass is 35.5. The van der Waals surface area contributed by atoms with Crippen LogP contribution >= 0.6 is 11.6 Å². The maximum Gasteiger partial charge on any atom is 0.269 e. The van der Waals surface area contributed by atoms with Crippen molar-refractivity contribution in [3.63, 3.8) is 0 Å². The van der Waals surface area contributed by atoms with Gasteiger partial charge in [0.05, 0.1) is 10.9 Å². The van der Waals surface area contributed by atoms with Gasteiger partial charge in [-0.1, -0.05) is 17.7 Å². The van der Waals surface area contributed by atoms with Crippen LogP contribution in [0, 0.1) is 13.8 Å². The molecule has 8 nitrogen and oxygen atoms in total. The number of H-pyrrole nitrogens is 1. The summed E-state index contributed by atoms with van der Waals surface area (Å²) in [5.41, 5.74) is 2.67. The predicted octanol–water partition coefficient (Wildman–Crippen LogP) is 4.66. The number of aromatic amines is 1. The Bertz CT molecular complexity index is 1580. The maximum atomic E-state index is 13.8. The van der Waals surface area contributed by atoms with Crippen LogP contribution in [0.4, 0.5) is 0 Å². The minimum absolute atomic E-state index is 0.0666. The van der Waals surface area contributed by atoms with E-state index in [9.17, 15) is 18.0 Å². The number of aryl methyl sites for hydroxylation is 2. The zero-order chi connectivity index (χ0) is 26.9. The summed E-state index contributed by atoms with van der Waals surface area (Å²) in [6.45, 7) is 6.96. The van der Waals surface area contributed by atoms with E-state index < -0.39 is 27.7 Å². The summed E-state index contributed by atoms with van der Waals surface area (Å²) in [4.78, 5) is 32.9. The highest BCUT2D eigenvalue weighted by molar-refractivity contribution is 7.91. The van der Waals surface area contributed by atoms with E-state index in [-0.39, 0.29) is 21.5 Å². The summed E-state index contributed by atoms with van der Waals surface area (Å²) < 4.78 is 27.7. The second-order valence-corrected chi connectivity index (χ2v) is 11.4. The molecule has 0 saturated heterocycles. The Morgan fingerprint density at radius 3 is 2.24 bits per heavy atom. The van der Waals surface area contributed by atoms with Gasteiger partial charge in [-0.05, 0) is 86.8 Å². The first-order chi connectivity index (χ1) is 17.5. The fourth-order valence-electron chi connectivity index (χ4n) is 4.19. The van der Waals surface area contributed by atoms with Crippen molar-refractivity contribution in [2.45, 2.75) is 49.6 Å².